The number of hydrogen-bond acceptors (Lipinski definition) is 4. The summed E-state index contributed by atoms with van der Waals surface area (Å²) in [4.78, 5) is 13.8. The zero-order valence-electron chi connectivity index (χ0n) is 11.9. The first-order valence-electron chi connectivity index (χ1n) is 6.85. The Kier molecular flexibility index (Phi) is 7.23. The van der Waals surface area contributed by atoms with Gasteiger partial charge in [0.1, 0.15) is 0 Å². The smallest absolute Gasteiger partial charge is 0.233 e. The highest BCUT2D eigenvalue weighted by Gasteiger charge is 2.17. The first-order valence-corrected chi connectivity index (χ1v) is 6.85. The third-order valence-corrected chi connectivity index (χ3v) is 3.04. The average molecular weight is 257 g/mol. The second-order valence-electron chi connectivity index (χ2n) is 5.42. The molecule has 1 atom stereocenters. The molecule has 0 radical (unpaired) electrons. The van der Waals surface area contributed by atoms with Gasteiger partial charge in [0, 0.05) is 26.2 Å². The van der Waals surface area contributed by atoms with Gasteiger partial charge in [-0.05, 0) is 19.4 Å². The van der Waals surface area contributed by atoms with E-state index in [4.69, 9.17) is 4.74 Å². The molecule has 1 amide bonds. The zero-order chi connectivity index (χ0) is 13.4. The Morgan fingerprint density at radius 2 is 2.28 bits per heavy atom. The molecule has 2 N–H and O–H groups in total. The van der Waals surface area contributed by atoms with Crippen LogP contribution in [0.1, 0.15) is 20.3 Å². The fourth-order valence-electron chi connectivity index (χ4n) is 1.90. The lowest BCUT2D eigenvalue weighted by atomic mass is 10.1. The number of nitrogens with one attached hydrogen (secondary N) is 2. The third-order valence-electron chi connectivity index (χ3n) is 3.04. The summed E-state index contributed by atoms with van der Waals surface area (Å²) < 4.78 is 5.61. The molecule has 1 aliphatic heterocycles. The fourth-order valence-corrected chi connectivity index (χ4v) is 1.90. The Bertz CT molecular complexity index is 246. The van der Waals surface area contributed by atoms with Crippen molar-refractivity contribution in [3.05, 3.63) is 0 Å². The van der Waals surface area contributed by atoms with Crippen LogP contribution in [0, 0.1) is 5.92 Å². The quantitative estimate of drug-likeness (QED) is 0.678. The van der Waals surface area contributed by atoms with E-state index in [-0.39, 0.29) is 12.0 Å². The molecule has 1 unspecified atom stereocenters. The molecule has 0 bridgehead atoms. The number of ether oxygens (including phenoxy) is 1. The van der Waals surface area contributed by atoms with Crippen LogP contribution in [-0.2, 0) is 9.53 Å². The van der Waals surface area contributed by atoms with E-state index in [9.17, 15) is 4.79 Å². The number of carbonyl (C=O) groups excluding carboxylic acids is 1. The van der Waals surface area contributed by atoms with Crippen LogP contribution in [0.15, 0.2) is 0 Å². The number of hydrogen-bond donors (Lipinski definition) is 2. The first kappa shape index (κ1) is 15.4. The van der Waals surface area contributed by atoms with Crippen LogP contribution in [0.3, 0.4) is 0 Å². The molecule has 5 nitrogen and oxygen atoms in total. The van der Waals surface area contributed by atoms with Gasteiger partial charge in [0.15, 0.2) is 0 Å². The third kappa shape index (κ3) is 6.93. The number of likely N-dealkylation sites (N-methyl/N-ethyl adjacent to an activating group) is 1. The Morgan fingerprint density at radius 1 is 1.50 bits per heavy atom. The average Bonchev–Trinajstić information content (AvgIpc) is 2.28. The van der Waals surface area contributed by atoms with E-state index in [1.165, 1.54) is 0 Å². The molecule has 1 fully saturated rings. The summed E-state index contributed by atoms with van der Waals surface area (Å²) in [7, 11) is 2.09. The van der Waals surface area contributed by atoms with Crippen LogP contribution in [0.5, 0.6) is 0 Å². The SMILES string of the molecule is CC(C)CCNC(=O)CNCC1CN(C)CCO1. The zero-order valence-corrected chi connectivity index (χ0v) is 11.9. The summed E-state index contributed by atoms with van der Waals surface area (Å²) in [5.74, 6) is 0.698. The van der Waals surface area contributed by atoms with Gasteiger partial charge in [-0.1, -0.05) is 13.8 Å². The lowest BCUT2D eigenvalue weighted by Gasteiger charge is -2.30. The summed E-state index contributed by atoms with van der Waals surface area (Å²) in [6, 6.07) is 0. The topological polar surface area (TPSA) is 53.6 Å². The summed E-state index contributed by atoms with van der Waals surface area (Å²) in [6.07, 6.45) is 1.23. The van der Waals surface area contributed by atoms with Gasteiger partial charge in [0.25, 0.3) is 0 Å². The molecule has 1 rings (SSSR count). The van der Waals surface area contributed by atoms with Crippen LogP contribution in [0.4, 0.5) is 0 Å². The van der Waals surface area contributed by atoms with Crippen LogP contribution in [-0.4, -0.2) is 63.3 Å². The van der Waals surface area contributed by atoms with Crippen LogP contribution in [0.2, 0.25) is 0 Å². The lowest BCUT2D eigenvalue weighted by molar-refractivity contribution is -0.120. The molecule has 106 valence electrons. The summed E-state index contributed by atoms with van der Waals surface area (Å²) in [5, 5.41) is 6.06. The van der Waals surface area contributed by atoms with Gasteiger partial charge in [0.2, 0.25) is 5.91 Å². The maximum Gasteiger partial charge on any atom is 0.233 e. The minimum absolute atomic E-state index is 0.0693. The van der Waals surface area contributed by atoms with Gasteiger partial charge >= 0.3 is 0 Å². The fraction of sp³-hybridized carbons (Fsp3) is 0.923. The van der Waals surface area contributed by atoms with Gasteiger partial charge in [0.05, 0.1) is 19.3 Å². The Morgan fingerprint density at radius 3 is 2.94 bits per heavy atom. The molecular weight excluding hydrogens is 230 g/mol. The van der Waals surface area contributed by atoms with Crippen molar-refractivity contribution in [3.63, 3.8) is 0 Å². The van der Waals surface area contributed by atoms with Crippen molar-refractivity contribution in [2.24, 2.45) is 5.92 Å². The van der Waals surface area contributed by atoms with E-state index in [1.54, 1.807) is 0 Å². The minimum Gasteiger partial charge on any atom is -0.374 e. The van der Waals surface area contributed by atoms with Gasteiger partial charge in [-0.15, -0.1) is 0 Å². The molecule has 0 saturated carbocycles. The number of rotatable bonds is 7. The highest BCUT2D eigenvalue weighted by molar-refractivity contribution is 5.77. The van der Waals surface area contributed by atoms with E-state index in [2.05, 4.69) is 36.4 Å². The van der Waals surface area contributed by atoms with E-state index >= 15 is 0 Å². The highest BCUT2D eigenvalue weighted by atomic mass is 16.5. The van der Waals surface area contributed by atoms with E-state index in [0.717, 1.165) is 39.2 Å². The molecule has 0 aromatic carbocycles. The molecule has 0 aliphatic carbocycles. The van der Waals surface area contributed by atoms with Crippen molar-refractivity contribution in [1.82, 2.24) is 15.5 Å². The van der Waals surface area contributed by atoms with Crippen molar-refractivity contribution >= 4 is 5.91 Å². The summed E-state index contributed by atoms with van der Waals surface area (Å²) in [5.41, 5.74) is 0. The summed E-state index contributed by atoms with van der Waals surface area (Å²) in [6.45, 7) is 8.89. The highest BCUT2D eigenvalue weighted by Crippen LogP contribution is 2.01. The molecule has 1 aliphatic rings. The monoisotopic (exact) mass is 257 g/mol. The predicted octanol–water partition coefficient (Wildman–Crippen LogP) is 0.0689. The number of amides is 1. The summed E-state index contributed by atoms with van der Waals surface area (Å²) >= 11 is 0. The Labute approximate surface area is 110 Å². The van der Waals surface area contributed by atoms with Crippen molar-refractivity contribution in [2.45, 2.75) is 26.4 Å². The molecule has 18 heavy (non-hydrogen) atoms. The maximum atomic E-state index is 11.5. The first-order chi connectivity index (χ1) is 8.58. The Hall–Kier alpha value is -0.650. The van der Waals surface area contributed by atoms with E-state index in [1.807, 2.05) is 0 Å². The van der Waals surface area contributed by atoms with E-state index in [0.29, 0.717) is 12.5 Å². The molecular formula is C13H27N3O2. The standard InChI is InChI=1S/C13H27N3O2/c1-11(2)4-5-15-13(17)9-14-8-12-10-16(3)6-7-18-12/h11-12,14H,4-10H2,1-3H3,(H,15,17). The number of carbonyl (C=O) groups is 1. The van der Waals surface area contributed by atoms with Crippen LogP contribution in [0.25, 0.3) is 0 Å². The predicted molar refractivity (Wildman–Crippen MR) is 72.6 cm³/mol. The molecule has 1 saturated heterocycles. The van der Waals surface area contributed by atoms with Gasteiger partial charge in [-0.25, -0.2) is 0 Å². The van der Waals surface area contributed by atoms with Gasteiger partial charge in [-0.3, -0.25) is 4.79 Å². The molecule has 1 heterocycles. The second kappa shape index (κ2) is 8.45. The molecule has 0 spiro atoms. The van der Waals surface area contributed by atoms with Gasteiger partial charge < -0.3 is 20.3 Å². The Balaban J connectivity index is 2.01. The largest absolute Gasteiger partial charge is 0.374 e. The lowest BCUT2D eigenvalue weighted by Crippen LogP contribution is -2.46. The van der Waals surface area contributed by atoms with Crippen LogP contribution < -0.4 is 10.6 Å². The van der Waals surface area contributed by atoms with Crippen molar-refractivity contribution in [2.75, 3.05) is 46.4 Å². The van der Waals surface area contributed by atoms with Crippen molar-refractivity contribution in [3.8, 4) is 0 Å². The van der Waals surface area contributed by atoms with Gasteiger partial charge in [-0.2, -0.15) is 0 Å². The molecule has 0 aromatic heterocycles. The molecule has 0 aromatic rings. The van der Waals surface area contributed by atoms with E-state index < -0.39 is 0 Å². The number of nitrogens with zero attached hydrogens (tertiary/aromatic N) is 1. The molecule has 5 heteroatoms. The number of morpholine rings is 1. The second-order valence-corrected chi connectivity index (χ2v) is 5.42. The van der Waals surface area contributed by atoms with Crippen molar-refractivity contribution in [1.29, 1.82) is 0 Å². The van der Waals surface area contributed by atoms with Crippen molar-refractivity contribution < 1.29 is 9.53 Å². The normalized spacial score (nSPS) is 21.2. The van der Waals surface area contributed by atoms with Crippen LogP contribution >= 0.6 is 0 Å². The minimum atomic E-state index is 0.0693. The maximum absolute atomic E-state index is 11.5.